The van der Waals surface area contributed by atoms with Crippen LogP contribution in [-0.2, 0) is 16.3 Å². The molecule has 2 heterocycles. The summed E-state index contributed by atoms with van der Waals surface area (Å²) < 4.78 is 7.34. The van der Waals surface area contributed by atoms with Crippen molar-refractivity contribution in [2.45, 2.75) is 18.4 Å². The Morgan fingerprint density at radius 2 is 2.07 bits per heavy atom. The minimum atomic E-state index is -0.224. The number of benzene rings is 2. The highest BCUT2D eigenvalue weighted by Crippen LogP contribution is 2.36. The Bertz CT molecular complexity index is 985. The second-order valence-corrected chi connectivity index (χ2v) is 7.73. The third-order valence-electron chi connectivity index (χ3n) is 4.25. The molecule has 5 nitrogen and oxygen atoms in total. The van der Waals surface area contributed by atoms with Gasteiger partial charge in [-0.15, -0.1) is 0 Å². The number of thioether (sulfide) groups is 1. The van der Waals surface area contributed by atoms with E-state index in [9.17, 15) is 4.79 Å². The quantitative estimate of drug-likeness (QED) is 0.681. The smallest absolute Gasteiger partial charge is 0.263 e. The maximum Gasteiger partial charge on any atom is 0.263 e. The zero-order valence-electron chi connectivity index (χ0n) is 14.7. The van der Waals surface area contributed by atoms with Gasteiger partial charge in [-0.3, -0.25) is 4.79 Å². The summed E-state index contributed by atoms with van der Waals surface area (Å²) in [7, 11) is 0. The van der Waals surface area contributed by atoms with E-state index in [-0.39, 0.29) is 12.5 Å². The zero-order valence-corrected chi connectivity index (χ0v) is 16.3. The minimum Gasteiger partial charge on any atom is -0.484 e. The highest BCUT2D eigenvalue weighted by atomic mass is 35.5. The van der Waals surface area contributed by atoms with Crippen LogP contribution in [0.1, 0.15) is 16.8 Å². The number of nitrogens with one attached hydrogen (secondary N) is 1. The van der Waals surface area contributed by atoms with Gasteiger partial charge in [-0.2, -0.15) is 16.9 Å². The molecule has 1 N–H and O–H groups in total. The SMILES string of the molecule is Cc1ccc(OCC(=O)Nc2c3c(nn2-c2cccc(Cl)c2)CSC3)cc1. The van der Waals surface area contributed by atoms with Gasteiger partial charge in [0, 0.05) is 22.1 Å². The molecule has 0 radical (unpaired) electrons. The van der Waals surface area contributed by atoms with E-state index in [0.717, 1.165) is 34.0 Å². The third-order valence-corrected chi connectivity index (χ3v) is 5.46. The molecule has 0 bridgehead atoms. The number of rotatable bonds is 5. The van der Waals surface area contributed by atoms with E-state index in [1.165, 1.54) is 0 Å². The standard InChI is InChI=1S/C20H18ClN3O2S/c1-13-5-7-16(8-6-13)26-10-19(25)22-20-17-11-27-12-18(17)23-24(20)15-4-2-3-14(21)9-15/h2-9H,10-12H2,1H3,(H,22,25). The fourth-order valence-corrected chi connectivity index (χ4v) is 4.11. The van der Waals surface area contributed by atoms with E-state index in [4.69, 9.17) is 16.3 Å². The number of hydrogen-bond acceptors (Lipinski definition) is 4. The Labute approximate surface area is 166 Å². The third kappa shape index (κ3) is 3.96. The molecule has 0 saturated carbocycles. The first-order chi connectivity index (χ1) is 13.1. The molecule has 2 aromatic carbocycles. The van der Waals surface area contributed by atoms with Crippen LogP contribution in [0.25, 0.3) is 5.69 Å². The number of aryl methyl sites for hydroxylation is 1. The molecular formula is C20H18ClN3O2S. The van der Waals surface area contributed by atoms with Gasteiger partial charge in [0.05, 0.1) is 11.4 Å². The normalized spacial score (nSPS) is 12.7. The van der Waals surface area contributed by atoms with Crippen molar-refractivity contribution < 1.29 is 9.53 Å². The van der Waals surface area contributed by atoms with Crippen LogP contribution in [0.5, 0.6) is 5.75 Å². The largest absolute Gasteiger partial charge is 0.484 e. The molecule has 0 unspecified atom stereocenters. The number of fused-ring (bicyclic) bond motifs is 1. The maximum atomic E-state index is 12.5. The van der Waals surface area contributed by atoms with Gasteiger partial charge in [0.2, 0.25) is 0 Å². The van der Waals surface area contributed by atoms with Crippen LogP contribution in [0.2, 0.25) is 5.02 Å². The van der Waals surface area contributed by atoms with Gasteiger partial charge in [0.1, 0.15) is 11.6 Å². The lowest BCUT2D eigenvalue weighted by Gasteiger charge is -2.12. The number of nitrogens with zero attached hydrogens (tertiary/aromatic N) is 2. The highest BCUT2D eigenvalue weighted by molar-refractivity contribution is 7.98. The average molecular weight is 400 g/mol. The molecule has 0 saturated heterocycles. The maximum absolute atomic E-state index is 12.5. The molecule has 1 aliphatic rings. The first-order valence-corrected chi connectivity index (χ1v) is 10.1. The predicted octanol–water partition coefficient (Wildman–Crippen LogP) is 4.60. The summed E-state index contributed by atoms with van der Waals surface area (Å²) in [6.07, 6.45) is 0. The lowest BCUT2D eigenvalue weighted by atomic mass is 10.2. The molecule has 1 aromatic heterocycles. The van der Waals surface area contributed by atoms with Crippen LogP contribution in [0.4, 0.5) is 5.82 Å². The number of anilines is 1. The molecule has 0 atom stereocenters. The van der Waals surface area contributed by atoms with Crippen LogP contribution in [0.15, 0.2) is 48.5 Å². The molecular weight excluding hydrogens is 382 g/mol. The van der Waals surface area contributed by atoms with E-state index in [2.05, 4.69) is 10.4 Å². The number of aromatic nitrogens is 2. The average Bonchev–Trinajstić information content (AvgIpc) is 3.24. The van der Waals surface area contributed by atoms with Gasteiger partial charge in [0.15, 0.2) is 6.61 Å². The van der Waals surface area contributed by atoms with Gasteiger partial charge in [-0.25, -0.2) is 4.68 Å². The zero-order chi connectivity index (χ0) is 18.8. The Kier molecular flexibility index (Phi) is 5.09. The van der Waals surface area contributed by atoms with Crippen molar-refractivity contribution in [3.63, 3.8) is 0 Å². The molecule has 1 aliphatic heterocycles. The first-order valence-electron chi connectivity index (χ1n) is 8.54. The van der Waals surface area contributed by atoms with Crippen LogP contribution in [0.3, 0.4) is 0 Å². The molecule has 138 valence electrons. The predicted molar refractivity (Wildman–Crippen MR) is 109 cm³/mol. The fourth-order valence-electron chi connectivity index (χ4n) is 2.89. The van der Waals surface area contributed by atoms with E-state index >= 15 is 0 Å². The first kappa shape index (κ1) is 17.9. The topological polar surface area (TPSA) is 56.1 Å². The van der Waals surface area contributed by atoms with Gasteiger partial charge in [0.25, 0.3) is 5.91 Å². The highest BCUT2D eigenvalue weighted by Gasteiger charge is 2.24. The van der Waals surface area contributed by atoms with Crippen molar-refractivity contribution in [2.24, 2.45) is 0 Å². The Balaban J connectivity index is 1.54. The van der Waals surface area contributed by atoms with Crippen molar-refractivity contribution in [3.8, 4) is 11.4 Å². The van der Waals surface area contributed by atoms with Crippen LogP contribution in [0, 0.1) is 6.92 Å². The lowest BCUT2D eigenvalue weighted by molar-refractivity contribution is -0.118. The lowest BCUT2D eigenvalue weighted by Crippen LogP contribution is -2.22. The molecule has 7 heteroatoms. The number of hydrogen-bond donors (Lipinski definition) is 1. The van der Waals surface area contributed by atoms with Crippen LogP contribution >= 0.6 is 23.4 Å². The van der Waals surface area contributed by atoms with Crippen molar-refractivity contribution in [1.29, 1.82) is 0 Å². The Morgan fingerprint density at radius 1 is 1.26 bits per heavy atom. The monoisotopic (exact) mass is 399 g/mol. The molecule has 0 spiro atoms. The summed E-state index contributed by atoms with van der Waals surface area (Å²) in [6.45, 7) is 1.94. The summed E-state index contributed by atoms with van der Waals surface area (Å²) in [5, 5.41) is 8.26. The summed E-state index contributed by atoms with van der Waals surface area (Å²) in [4.78, 5) is 12.5. The number of carbonyl (C=O) groups excluding carboxylic acids is 1. The number of amides is 1. The van der Waals surface area contributed by atoms with E-state index in [1.54, 1.807) is 16.4 Å². The van der Waals surface area contributed by atoms with Gasteiger partial charge >= 0.3 is 0 Å². The Hall–Kier alpha value is -2.44. The molecule has 1 amide bonds. The van der Waals surface area contributed by atoms with Gasteiger partial charge in [-0.05, 0) is 37.3 Å². The summed E-state index contributed by atoms with van der Waals surface area (Å²) in [6, 6.07) is 15.0. The number of carbonyl (C=O) groups is 1. The second-order valence-electron chi connectivity index (χ2n) is 6.31. The van der Waals surface area contributed by atoms with E-state index in [0.29, 0.717) is 16.6 Å². The Morgan fingerprint density at radius 3 is 2.85 bits per heavy atom. The van der Waals surface area contributed by atoms with Crippen molar-refractivity contribution in [1.82, 2.24) is 9.78 Å². The van der Waals surface area contributed by atoms with Crippen LogP contribution in [-0.4, -0.2) is 22.3 Å². The summed E-state index contributed by atoms with van der Waals surface area (Å²) in [5.74, 6) is 2.80. The van der Waals surface area contributed by atoms with Gasteiger partial charge in [-0.1, -0.05) is 35.4 Å². The number of halogens is 1. The molecule has 0 aliphatic carbocycles. The molecule has 3 aromatic rings. The fraction of sp³-hybridized carbons (Fsp3) is 0.200. The summed E-state index contributed by atoms with van der Waals surface area (Å²) >= 11 is 7.91. The van der Waals surface area contributed by atoms with E-state index in [1.807, 2.05) is 55.5 Å². The van der Waals surface area contributed by atoms with Crippen LogP contribution < -0.4 is 10.1 Å². The minimum absolute atomic E-state index is 0.0638. The number of ether oxygens (including phenoxy) is 1. The van der Waals surface area contributed by atoms with Crippen molar-refractivity contribution in [2.75, 3.05) is 11.9 Å². The second kappa shape index (κ2) is 7.66. The van der Waals surface area contributed by atoms with E-state index < -0.39 is 0 Å². The summed E-state index contributed by atoms with van der Waals surface area (Å²) in [5.41, 5.74) is 4.01. The van der Waals surface area contributed by atoms with Crippen molar-refractivity contribution >= 4 is 35.1 Å². The van der Waals surface area contributed by atoms with Gasteiger partial charge < -0.3 is 10.1 Å². The van der Waals surface area contributed by atoms with Crippen molar-refractivity contribution in [3.05, 3.63) is 70.4 Å². The molecule has 0 fully saturated rings. The molecule has 27 heavy (non-hydrogen) atoms. The molecule has 4 rings (SSSR count).